The maximum atomic E-state index is 13.3. The first-order valence-electron chi connectivity index (χ1n) is 17.7. The maximum Gasteiger partial charge on any atom is 0.258 e. The zero-order valence-electron chi connectivity index (χ0n) is 29.7. The number of carbonyl (C=O) groups excluding carboxylic acids is 1. The summed E-state index contributed by atoms with van der Waals surface area (Å²) in [7, 11) is 1.80. The lowest BCUT2D eigenvalue weighted by Crippen LogP contribution is -2.26. The summed E-state index contributed by atoms with van der Waals surface area (Å²) >= 11 is 0. The van der Waals surface area contributed by atoms with Gasteiger partial charge in [-0.05, 0) is 125 Å². The fourth-order valence-electron chi connectivity index (χ4n) is 6.37. The van der Waals surface area contributed by atoms with Crippen LogP contribution in [0.25, 0.3) is 33.4 Å². The topological polar surface area (TPSA) is 77.1 Å². The molecule has 1 amide bonds. The summed E-state index contributed by atoms with van der Waals surface area (Å²) in [5.74, 6) is 0.739. The van der Waals surface area contributed by atoms with Crippen LogP contribution in [-0.4, -0.2) is 19.6 Å². The molecule has 0 aliphatic rings. The van der Waals surface area contributed by atoms with Gasteiger partial charge in [0.1, 0.15) is 5.75 Å². The highest BCUT2D eigenvalue weighted by atomic mass is 16.5. The molecule has 0 aromatic heterocycles. The van der Waals surface area contributed by atoms with Gasteiger partial charge in [-0.2, -0.15) is 10.5 Å². The average molecular weight is 680 g/mol. The SMILES string of the molecule is Cc1cc(OCCCCCCc2ccc(-c3ccc(-c4ccc(C#N)cc4)cc3)cc2)ccc1N(C)C(=O)c1ccc(-c2ccc(C#N)cc2)cc1. The molecule has 5 heteroatoms. The van der Waals surface area contributed by atoms with Gasteiger partial charge in [-0.25, -0.2) is 0 Å². The molecule has 6 rings (SSSR count). The lowest BCUT2D eigenvalue weighted by atomic mass is 9.98. The second-order valence-corrected chi connectivity index (χ2v) is 13.1. The summed E-state index contributed by atoms with van der Waals surface area (Å²) < 4.78 is 6.07. The van der Waals surface area contributed by atoms with Gasteiger partial charge in [0.15, 0.2) is 0 Å². The molecule has 0 aliphatic carbocycles. The normalized spacial score (nSPS) is 10.6. The zero-order chi connectivity index (χ0) is 36.3. The van der Waals surface area contributed by atoms with E-state index in [2.05, 4.69) is 60.7 Å². The number of rotatable bonds is 13. The van der Waals surface area contributed by atoms with Crippen LogP contribution < -0.4 is 9.64 Å². The van der Waals surface area contributed by atoms with E-state index >= 15 is 0 Å². The van der Waals surface area contributed by atoms with E-state index in [9.17, 15) is 4.79 Å². The first kappa shape index (κ1) is 35.4. The van der Waals surface area contributed by atoms with Crippen LogP contribution in [0.1, 0.15) is 58.3 Å². The van der Waals surface area contributed by atoms with Gasteiger partial charge in [0.2, 0.25) is 0 Å². The molecule has 0 bridgehead atoms. The third-order valence-corrected chi connectivity index (χ3v) is 9.46. The van der Waals surface area contributed by atoms with Crippen LogP contribution >= 0.6 is 0 Å². The van der Waals surface area contributed by atoms with Crippen molar-refractivity contribution >= 4 is 11.6 Å². The Balaban J connectivity index is 0.904. The molecule has 0 aliphatic heterocycles. The van der Waals surface area contributed by atoms with Gasteiger partial charge in [-0.1, -0.05) is 97.8 Å². The van der Waals surface area contributed by atoms with E-state index in [1.165, 1.54) is 16.7 Å². The zero-order valence-corrected chi connectivity index (χ0v) is 29.7. The van der Waals surface area contributed by atoms with E-state index in [1.807, 2.05) is 85.8 Å². The Kier molecular flexibility index (Phi) is 11.6. The number of unbranched alkanes of at least 4 members (excludes halogenated alkanes) is 3. The predicted molar refractivity (Wildman–Crippen MR) is 210 cm³/mol. The molecule has 6 aromatic carbocycles. The molecule has 5 nitrogen and oxygen atoms in total. The van der Waals surface area contributed by atoms with Crippen LogP contribution in [0.5, 0.6) is 5.75 Å². The van der Waals surface area contributed by atoms with Gasteiger partial charge in [-0.15, -0.1) is 0 Å². The molecule has 0 saturated carbocycles. The second-order valence-electron chi connectivity index (χ2n) is 13.1. The number of carbonyl (C=O) groups is 1. The van der Waals surface area contributed by atoms with Crippen molar-refractivity contribution in [1.82, 2.24) is 0 Å². The number of nitriles is 2. The number of benzene rings is 6. The van der Waals surface area contributed by atoms with Crippen molar-refractivity contribution in [2.24, 2.45) is 0 Å². The Morgan fingerprint density at radius 2 is 1.02 bits per heavy atom. The fourth-order valence-corrected chi connectivity index (χ4v) is 6.37. The Morgan fingerprint density at radius 3 is 1.50 bits per heavy atom. The smallest absolute Gasteiger partial charge is 0.258 e. The van der Waals surface area contributed by atoms with E-state index in [0.717, 1.165) is 71.4 Å². The number of hydrogen-bond donors (Lipinski definition) is 0. The summed E-state index contributed by atoms with van der Waals surface area (Å²) in [6, 6.07) is 50.3. The molecule has 0 radical (unpaired) electrons. The first-order valence-corrected chi connectivity index (χ1v) is 17.7. The monoisotopic (exact) mass is 679 g/mol. The van der Waals surface area contributed by atoms with Gasteiger partial charge < -0.3 is 9.64 Å². The Hall–Kier alpha value is -6.43. The van der Waals surface area contributed by atoms with Crippen molar-refractivity contribution in [3.8, 4) is 51.3 Å². The van der Waals surface area contributed by atoms with E-state index in [1.54, 1.807) is 24.1 Å². The van der Waals surface area contributed by atoms with Gasteiger partial charge in [-0.3, -0.25) is 4.79 Å². The molecule has 0 spiro atoms. The molecule has 256 valence electrons. The second kappa shape index (κ2) is 17.0. The highest BCUT2D eigenvalue weighted by Gasteiger charge is 2.16. The van der Waals surface area contributed by atoms with Gasteiger partial charge >= 0.3 is 0 Å². The molecule has 0 unspecified atom stereocenters. The molecular weight excluding hydrogens is 639 g/mol. The van der Waals surface area contributed by atoms with Crippen molar-refractivity contribution in [1.29, 1.82) is 10.5 Å². The van der Waals surface area contributed by atoms with Crippen LogP contribution in [0, 0.1) is 29.6 Å². The van der Waals surface area contributed by atoms with Crippen LogP contribution in [0.2, 0.25) is 0 Å². The summed E-state index contributed by atoms with van der Waals surface area (Å²) in [4.78, 5) is 15.0. The summed E-state index contributed by atoms with van der Waals surface area (Å²) in [5, 5.41) is 18.1. The van der Waals surface area contributed by atoms with Crippen molar-refractivity contribution < 1.29 is 9.53 Å². The number of anilines is 1. The molecule has 0 fully saturated rings. The summed E-state index contributed by atoms with van der Waals surface area (Å²) in [6.45, 7) is 2.67. The molecule has 0 atom stereocenters. The summed E-state index contributed by atoms with van der Waals surface area (Å²) in [5.41, 5.74) is 11.7. The van der Waals surface area contributed by atoms with E-state index in [-0.39, 0.29) is 5.91 Å². The third-order valence-electron chi connectivity index (χ3n) is 9.46. The van der Waals surface area contributed by atoms with Crippen LogP contribution in [-0.2, 0) is 6.42 Å². The Bertz CT molecular complexity index is 2190. The van der Waals surface area contributed by atoms with E-state index in [0.29, 0.717) is 23.3 Å². The maximum absolute atomic E-state index is 13.3. The van der Waals surface area contributed by atoms with Crippen LogP contribution in [0.15, 0.2) is 140 Å². The number of aryl methyl sites for hydroxylation is 2. The molecule has 6 aromatic rings. The Morgan fingerprint density at radius 1 is 0.577 bits per heavy atom. The Labute approximate surface area is 307 Å². The number of hydrogen-bond acceptors (Lipinski definition) is 4. The largest absolute Gasteiger partial charge is 0.494 e. The van der Waals surface area contributed by atoms with Crippen molar-refractivity contribution in [3.63, 3.8) is 0 Å². The highest BCUT2D eigenvalue weighted by molar-refractivity contribution is 6.06. The minimum Gasteiger partial charge on any atom is -0.494 e. The third kappa shape index (κ3) is 8.83. The number of amides is 1. The molecule has 0 saturated heterocycles. The van der Waals surface area contributed by atoms with Gasteiger partial charge in [0.25, 0.3) is 5.91 Å². The van der Waals surface area contributed by atoms with E-state index < -0.39 is 0 Å². The number of nitrogens with zero attached hydrogens (tertiary/aromatic N) is 3. The average Bonchev–Trinajstić information content (AvgIpc) is 3.20. The standard InChI is InChI=1S/C47H41N3O2/c1-34-31-45(28-29-46(34)50(2)47(51)44-26-24-43(25-27-44)40-18-12-37(33-49)13-19-40)52-30-6-4-3-5-7-35-8-14-38(15-9-35)41-20-22-42(23-21-41)39-16-10-36(32-48)11-17-39/h8-29,31H,3-7,30H2,1-2H3. The summed E-state index contributed by atoms with van der Waals surface area (Å²) in [6.07, 6.45) is 5.47. The van der Waals surface area contributed by atoms with Gasteiger partial charge in [0, 0.05) is 18.3 Å². The minimum absolute atomic E-state index is 0.0780. The fraction of sp³-hybridized carbons (Fsp3) is 0.170. The van der Waals surface area contributed by atoms with E-state index in [4.69, 9.17) is 15.3 Å². The lowest BCUT2D eigenvalue weighted by Gasteiger charge is -2.20. The molecular formula is C47H41N3O2. The van der Waals surface area contributed by atoms with Crippen molar-refractivity contribution in [3.05, 3.63) is 167 Å². The highest BCUT2D eigenvalue weighted by Crippen LogP contribution is 2.28. The van der Waals surface area contributed by atoms with Crippen molar-refractivity contribution in [2.75, 3.05) is 18.6 Å². The van der Waals surface area contributed by atoms with Crippen LogP contribution in [0.3, 0.4) is 0 Å². The molecule has 52 heavy (non-hydrogen) atoms. The quantitative estimate of drug-likeness (QED) is 0.114. The van der Waals surface area contributed by atoms with Crippen molar-refractivity contribution in [2.45, 2.75) is 39.0 Å². The number of ether oxygens (including phenoxy) is 1. The molecule has 0 N–H and O–H groups in total. The molecule has 0 heterocycles. The predicted octanol–water partition coefficient (Wildman–Crippen LogP) is 11.2. The lowest BCUT2D eigenvalue weighted by molar-refractivity contribution is 0.0993. The van der Waals surface area contributed by atoms with Crippen LogP contribution in [0.4, 0.5) is 5.69 Å². The first-order chi connectivity index (χ1) is 25.4. The van der Waals surface area contributed by atoms with Gasteiger partial charge in [0.05, 0.1) is 29.9 Å². The minimum atomic E-state index is -0.0780.